The second kappa shape index (κ2) is 9.43. The summed E-state index contributed by atoms with van der Waals surface area (Å²) in [4.78, 5) is 7.29. The van der Waals surface area contributed by atoms with E-state index in [0.29, 0.717) is 34.4 Å². The van der Waals surface area contributed by atoms with Crippen LogP contribution in [-0.2, 0) is 0 Å². The predicted molar refractivity (Wildman–Crippen MR) is 145 cm³/mol. The Morgan fingerprint density at radius 3 is 2.23 bits per heavy atom. The summed E-state index contributed by atoms with van der Waals surface area (Å²) in [5, 5.41) is 9.71. The molecule has 0 unspecified atom stereocenters. The third-order valence-electron chi connectivity index (χ3n) is 6.65. The fourth-order valence-corrected chi connectivity index (χ4v) is 6.40. The molecule has 0 saturated carbocycles. The van der Waals surface area contributed by atoms with E-state index in [-0.39, 0.29) is 17.1 Å². The molecule has 0 aliphatic carbocycles. The van der Waals surface area contributed by atoms with E-state index in [9.17, 15) is 0 Å². The Balaban J connectivity index is 1.91. The summed E-state index contributed by atoms with van der Waals surface area (Å²) >= 11 is 13.4. The molecule has 4 rings (SSSR count). The van der Waals surface area contributed by atoms with E-state index in [0.717, 1.165) is 41.3 Å². The molecule has 3 heterocycles. The maximum atomic E-state index is 6.69. The molecule has 35 heavy (non-hydrogen) atoms. The fourth-order valence-electron chi connectivity index (χ4n) is 5.74. The van der Waals surface area contributed by atoms with Crippen LogP contribution in [0.5, 0.6) is 5.75 Å². The van der Waals surface area contributed by atoms with E-state index in [1.807, 2.05) is 18.4 Å². The van der Waals surface area contributed by atoms with Gasteiger partial charge >= 0.3 is 0 Å². The third kappa shape index (κ3) is 5.10. The van der Waals surface area contributed by atoms with Gasteiger partial charge in [-0.2, -0.15) is 9.61 Å². The van der Waals surface area contributed by atoms with Gasteiger partial charge in [-0.25, -0.2) is 4.98 Å². The van der Waals surface area contributed by atoms with Gasteiger partial charge in [0.1, 0.15) is 11.6 Å². The molecule has 1 aliphatic heterocycles. The zero-order valence-corrected chi connectivity index (χ0v) is 23.2. The number of hydrogen-bond donors (Lipinski definition) is 2. The van der Waals surface area contributed by atoms with Gasteiger partial charge in [-0.05, 0) is 66.5 Å². The van der Waals surface area contributed by atoms with Crippen molar-refractivity contribution in [1.29, 1.82) is 0 Å². The number of nitrogens with one attached hydrogen (secondary N) is 1. The van der Waals surface area contributed by atoms with Crippen LogP contribution in [0.15, 0.2) is 18.2 Å². The first-order chi connectivity index (χ1) is 16.4. The molecule has 0 amide bonds. The van der Waals surface area contributed by atoms with Crippen LogP contribution in [0.25, 0.3) is 16.8 Å². The fraction of sp³-hybridized carbons (Fsp3) is 0.538. The van der Waals surface area contributed by atoms with Crippen molar-refractivity contribution in [3.63, 3.8) is 0 Å². The van der Waals surface area contributed by atoms with Crippen molar-refractivity contribution in [2.24, 2.45) is 5.73 Å². The highest BCUT2D eigenvalue weighted by Crippen LogP contribution is 2.42. The summed E-state index contributed by atoms with van der Waals surface area (Å²) in [7, 11) is 1.59. The minimum Gasteiger partial charge on any atom is -0.497 e. The Labute approximate surface area is 217 Å². The van der Waals surface area contributed by atoms with Gasteiger partial charge in [-0.15, -0.1) is 0 Å². The number of halogens is 2. The first kappa shape index (κ1) is 26.0. The number of hydrogen-bond acceptors (Lipinski definition) is 6. The molecule has 1 saturated heterocycles. The number of ether oxygens (including phenoxy) is 1. The standard InChI is InChI=1S/C26H36Cl2N6O/c1-15-10-21(33(9-8-29)17-13-25(3,4)32-26(5,6)14-17)34-24(30-15)22(16(2)31-34)23-19(27)11-18(35-7)12-20(23)28/h10-12,17,32H,8-9,13-14,29H2,1-7H3. The molecule has 1 aliphatic rings. The van der Waals surface area contributed by atoms with E-state index >= 15 is 0 Å². The average molecular weight is 520 g/mol. The molecular formula is C26H36Cl2N6O. The van der Waals surface area contributed by atoms with E-state index in [2.05, 4.69) is 44.0 Å². The van der Waals surface area contributed by atoms with E-state index in [1.165, 1.54) is 0 Å². The van der Waals surface area contributed by atoms with Crippen LogP contribution in [0, 0.1) is 13.8 Å². The van der Waals surface area contributed by atoms with Crippen molar-refractivity contribution >= 4 is 34.7 Å². The molecule has 0 bridgehead atoms. The van der Waals surface area contributed by atoms with Gasteiger partial charge in [-0.3, -0.25) is 0 Å². The molecule has 3 aromatic rings. The summed E-state index contributed by atoms with van der Waals surface area (Å²) in [5.74, 6) is 1.58. The molecule has 190 valence electrons. The van der Waals surface area contributed by atoms with Crippen molar-refractivity contribution in [1.82, 2.24) is 19.9 Å². The number of nitrogens with zero attached hydrogens (tertiary/aromatic N) is 4. The van der Waals surface area contributed by atoms with Gasteiger partial charge in [0.05, 0.1) is 28.4 Å². The third-order valence-corrected chi connectivity index (χ3v) is 7.24. The summed E-state index contributed by atoms with van der Waals surface area (Å²) in [6.45, 7) is 14.3. The Hall–Kier alpha value is -2.06. The smallest absolute Gasteiger partial charge is 0.165 e. The summed E-state index contributed by atoms with van der Waals surface area (Å²) in [6, 6.07) is 5.92. The van der Waals surface area contributed by atoms with E-state index < -0.39 is 0 Å². The van der Waals surface area contributed by atoms with Crippen LogP contribution in [-0.4, -0.2) is 51.9 Å². The molecule has 0 radical (unpaired) electrons. The molecule has 0 atom stereocenters. The zero-order chi connectivity index (χ0) is 25.7. The lowest BCUT2D eigenvalue weighted by atomic mass is 9.79. The average Bonchev–Trinajstić information content (AvgIpc) is 3.04. The van der Waals surface area contributed by atoms with Crippen LogP contribution >= 0.6 is 23.2 Å². The number of fused-ring (bicyclic) bond motifs is 1. The summed E-state index contributed by atoms with van der Waals surface area (Å²) in [5.41, 5.74) is 10.1. The van der Waals surface area contributed by atoms with Gasteiger partial charge in [0.15, 0.2) is 5.65 Å². The number of aryl methyl sites for hydroxylation is 2. The highest BCUT2D eigenvalue weighted by molar-refractivity contribution is 6.39. The Bertz CT molecular complexity index is 1210. The number of nitrogens with two attached hydrogens (primary N) is 1. The van der Waals surface area contributed by atoms with Crippen molar-refractivity contribution in [2.45, 2.75) is 71.5 Å². The van der Waals surface area contributed by atoms with E-state index in [4.69, 9.17) is 43.8 Å². The van der Waals surface area contributed by atoms with Gasteiger partial charge in [-0.1, -0.05) is 23.2 Å². The predicted octanol–water partition coefficient (Wildman–Crippen LogP) is 5.40. The molecule has 1 aromatic carbocycles. The number of anilines is 1. The molecule has 2 aromatic heterocycles. The first-order valence-electron chi connectivity index (χ1n) is 12.0. The quantitative estimate of drug-likeness (QED) is 0.454. The minimum atomic E-state index is -0.00417. The van der Waals surface area contributed by atoms with Crippen LogP contribution in [0.1, 0.15) is 51.9 Å². The van der Waals surface area contributed by atoms with Crippen LogP contribution in [0.4, 0.5) is 5.82 Å². The van der Waals surface area contributed by atoms with Gasteiger partial charge < -0.3 is 20.7 Å². The molecular weight excluding hydrogens is 483 g/mol. The Morgan fingerprint density at radius 2 is 1.69 bits per heavy atom. The lowest BCUT2D eigenvalue weighted by Crippen LogP contribution is -2.62. The number of aromatic nitrogens is 3. The molecule has 3 N–H and O–H groups in total. The maximum Gasteiger partial charge on any atom is 0.165 e. The highest BCUT2D eigenvalue weighted by Gasteiger charge is 2.40. The van der Waals surface area contributed by atoms with Crippen LogP contribution in [0.2, 0.25) is 10.0 Å². The summed E-state index contributed by atoms with van der Waals surface area (Å²) in [6.07, 6.45) is 1.98. The van der Waals surface area contributed by atoms with Gasteiger partial charge in [0.2, 0.25) is 0 Å². The first-order valence-corrected chi connectivity index (χ1v) is 12.8. The van der Waals surface area contributed by atoms with Crippen molar-refractivity contribution < 1.29 is 4.74 Å². The van der Waals surface area contributed by atoms with Crippen LogP contribution in [0.3, 0.4) is 0 Å². The monoisotopic (exact) mass is 518 g/mol. The van der Waals surface area contributed by atoms with Gasteiger partial charge in [0.25, 0.3) is 0 Å². The number of benzene rings is 1. The molecule has 1 fully saturated rings. The zero-order valence-electron chi connectivity index (χ0n) is 21.7. The van der Waals surface area contributed by atoms with E-state index in [1.54, 1.807) is 19.2 Å². The SMILES string of the molecule is COc1cc(Cl)c(-c2c(C)nn3c(N(CCN)C4CC(C)(C)NC(C)(C)C4)cc(C)nc23)c(Cl)c1. The lowest BCUT2D eigenvalue weighted by Gasteiger charge is -2.50. The lowest BCUT2D eigenvalue weighted by molar-refractivity contribution is 0.158. The largest absolute Gasteiger partial charge is 0.497 e. The van der Waals surface area contributed by atoms with Crippen LogP contribution < -0.4 is 20.7 Å². The number of piperidine rings is 1. The summed E-state index contributed by atoms with van der Waals surface area (Å²) < 4.78 is 7.26. The molecule has 7 nitrogen and oxygen atoms in total. The van der Waals surface area contributed by atoms with Crippen molar-refractivity contribution in [3.05, 3.63) is 39.6 Å². The normalized spacial score (nSPS) is 17.7. The highest BCUT2D eigenvalue weighted by atomic mass is 35.5. The molecule has 0 spiro atoms. The second-order valence-electron chi connectivity index (χ2n) is 10.9. The topological polar surface area (TPSA) is 80.7 Å². The maximum absolute atomic E-state index is 6.69. The second-order valence-corrected chi connectivity index (χ2v) is 11.7. The molecule has 9 heteroatoms. The van der Waals surface area contributed by atoms with Crippen molar-refractivity contribution in [3.8, 4) is 16.9 Å². The number of methoxy groups -OCH3 is 1. The number of rotatable bonds is 6. The van der Waals surface area contributed by atoms with Gasteiger partial charge in [0, 0.05) is 47.5 Å². The Morgan fingerprint density at radius 1 is 1.09 bits per heavy atom. The minimum absolute atomic E-state index is 0.00417. The Kier molecular flexibility index (Phi) is 7.01. The van der Waals surface area contributed by atoms with Crippen molar-refractivity contribution in [2.75, 3.05) is 25.1 Å².